The van der Waals surface area contributed by atoms with E-state index in [1.807, 2.05) is 24.3 Å². The van der Waals surface area contributed by atoms with Crippen molar-refractivity contribution in [1.29, 1.82) is 0 Å². The predicted octanol–water partition coefficient (Wildman–Crippen LogP) is 3.46. The Morgan fingerprint density at radius 2 is 1.88 bits per heavy atom. The van der Waals surface area contributed by atoms with E-state index in [1.165, 1.54) is 6.42 Å². The van der Waals surface area contributed by atoms with Crippen LogP contribution in [0.15, 0.2) is 24.3 Å². The van der Waals surface area contributed by atoms with Crippen LogP contribution in [-0.2, 0) is 4.79 Å². The molecule has 1 heterocycles. The highest BCUT2D eigenvalue weighted by molar-refractivity contribution is 6.30. The van der Waals surface area contributed by atoms with E-state index in [2.05, 4.69) is 5.32 Å². The lowest BCUT2D eigenvalue weighted by Gasteiger charge is -2.21. The lowest BCUT2D eigenvalue weighted by molar-refractivity contribution is -0.122. The van der Waals surface area contributed by atoms with Crippen LogP contribution in [0, 0.1) is 0 Å². The molecule has 1 aliphatic heterocycles. The van der Waals surface area contributed by atoms with E-state index in [1.54, 1.807) is 0 Å². The fourth-order valence-electron chi connectivity index (χ4n) is 2.09. The molecule has 1 aromatic rings. The van der Waals surface area contributed by atoms with Gasteiger partial charge in [0.15, 0.2) is 0 Å². The molecule has 1 aromatic carbocycles. The molecule has 1 saturated heterocycles. The zero-order chi connectivity index (χ0) is 11.4. The highest BCUT2D eigenvalue weighted by Gasteiger charge is 2.16. The lowest BCUT2D eigenvalue weighted by atomic mass is 9.97. The normalized spacial score (nSPS) is 22.1. The average molecular weight is 238 g/mol. The van der Waals surface area contributed by atoms with Crippen molar-refractivity contribution in [3.8, 4) is 0 Å². The molecule has 1 N–H and O–H groups in total. The quantitative estimate of drug-likeness (QED) is 0.796. The Kier molecular flexibility index (Phi) is 3.83. The van der Waals surface area contributed by atoms with Crippen LogP contribution in [-0.4, -0.2) is 5.91 Å². The van der Waals surface area contributed by atoms with Crippen molar-refractivity contribution < 1.29 is 4.79 Å². The molecule has 0 radical (unpaired) electrons. The maximum absolute atomic E-state index is 11.5. The Morgan fingerprint density at radius 1 is 1.12 bits per heavy atom. The van der Waals surface area contributed by atoms with Gasteiger partial charge in [-0.05, 0) is 30.5 Å². The number of rotatable bonds is 1. The number of amides is 1. The molecule has 1 fully saturated rings. The summed E-state index contributed by atoms with van der Waals surface area (Å²) in [7, 11) is 0. The van der Waals surface area contributed by atoms with Crippen molar-refractivity contribution in [2.24, 2.45) is 0 Å². The van der Waals surface area contributed by atoms with Gasteiger partial charge in [0.2, 0.25) is 5.91 Å². The summed E-state index contributed by atoms with van der Waals surface area (Å²) >= 11 is 5.85. The van der Waals surface area contributed by atoms with E-state index in [4.69, 9.17) is 11.6 Å². The fourth-order valence-corrected chi connectivity index (χ4v) is 2.22. The fraction of sp³-hybridized carbons (Fsp3) is 0.462. The summed E-state index contributed by atoms with van der Waals surface area (Å²) in [6.07, 6.45) is 5.02. The molecule has 1 atom stereocenters. The third-order valence-electron chi connectivity index (χ3n) is 3.00. The van der Waals surface area contributed by atoms with Gasteiger partial charge in [0.05, 0.1) is 6.04 Å². The molecule has 1 aliphatic rings. The first-order valence-electron chi connectivity index (χ1n) is 5.80. The highest BCUT2D eigenvalue weighted by Crippen LogP contribution is 2.23. The Hall–Kier alpha value is -1.02. The number of benzene rings is 1. The standard InChI is InChI=1S/C13H16ClNO/c14-11-8-6-10(7-9-11)12-4-2-1-3-5-13(16)15-12/h6-9,12H,1-5H2,(H,15,16). The maximum atomic E-state index is 11.5. The number of hydrogen-bond acceptors (Lipinski definition) is 1. The number of carbonyl (C=O) groups excluding carboxylic acids is 1. The van der Waals surface area contributed by atoms with Crippen LogP contribution in [0.25, 0.3) is 0 Å². The van der Waals surface area contributed by atoms with Crippen molar-refractivity contribution in [2.45, 2.75) is 38.1 Å². The van der Waals surface area contributed by atoms with Crippen LogP contribution < -0.4 is 5.32 Å². The molecule has 2 nitrogen and oxygen atoms in total. The Morgan fingerprint density at radius 3 is 2.62 bits per heavy atom. The lowest BCUT2D eigenvalue weighted by Crippen LogP contribution is -2.29. The summed E-state index contributed by atoms with van der Waals surface area (Å²) < 4.78 is 0. The molecule has 3 heteroatoms. The van der Waals surface area contributed by atoms with Crippen molar-refractivity contribution in [1.82, 2.24) is 5.32 Å². The minimum absolute atomic E-state index is 0.157. The van der Waals surface area contributed by atoms with Gasteiger partial charge in [-0.1, -0.05) is 36.6 Å². The third-order valence-corrected chi connectivity index (χ3v) is 3.26. The van der Waals surface area contributed by atoms with Gasteiger partial charge in [0.25, 0.3) is 0 Å². The molecular formula is C13H16ClNO. The molecule has 0 aliphatic carbocycles. The minimum atomic E-state index is 0.157. The summed E-state index contributed by atoms with van der Waals surface area (Å²) in [5, 5.41) is 3.81. The second-order valence-electron chi connectivity index (χ2n) is 4.27. The summed E-state index contributed by atoms with van der Waals surface area (Å²) in [5.74, 6) is 0.166. The highest BCUT2D eigenvalue weighted by atomic mass is 35.5. The zero-order valence-corrected chi connectivity index (χ0v) is 9.96. The average Bonchev–Trinajstić information content (AvgIpc) is 2.24. The molecular weight excluding hydrogens is 222 g/mol. The van der Waals surface area contributed by atoms with Gasteiger partial charge in [-0.3, -0.25) is 4.79 Å². The first-order chi connectivity index (χ1) is 7.75. The van der Waals surface area contributed by atoms with E-state index in [9.17, 15) is 4.79 Å². The summed E-state index contributed by atoms with van der Waals surface area (Å²) in [6.45, 7) is 0. The molecule has 0 bridgehead atoms. The van der Waals surface area contributed by atoms with Gasteiger partial charge in [-0.15, -0.1) is 0 Å². The van der Waals surface area contributed by atoms with E-state index in [0.717, 1.165) is 29.8 Å². The van der Waals surface area contributed by atoms with Crippen LogP contribution >= 0.6 is 11.6 Å². The van der Waals surface area contributed by atoms with Gasteiger partial charge < -0.3 is 5.32 Å². The largest absolute Gasteiger partial charge is 0.349 e. The molecule has 0 saturated carbocycles. The first kappa shape index (κ1) is 11.5. The van der Waals surface area contributed by atoms with E-state index >= 15 is 0 Å². The van der Waals surface area contributed by atoms with E-state index < -0.39 is 0 Å². The smallest absolute Gasteiger partial charge is 0.220 e. The number of carbonyl (C=O) groups is 1. The SMILES string of the molecule is O=C1CCCCCC(c2ccc(Cl)cc2)N1. The summed E-state index contributed by atoms with van der Waals surface area (Å²) in [4.78, 5) is 11.5. The third kappa shape index (κ3) is 2.99. The van der Waals surface area contributed by atoms with Gasteiger partial charge in [0.1, 0.15) is 0 Å². The topological polar surface area (TPSA) is 29.1 Å². The van der Waals surface area contributed by atoms with Gasteiger partial charge >= 0.3 is 0 Å². The van der Waals surface area contributed by atoms with Gasteiger partial charge in [0, 0.05) is 11.4 Å². The van der Waals surface area contributed by atoms with Crippen LogP contribution in [0.3, 0.4) is 0 Å². The zero-order valence-electron chi connectivity index (χ0n) is 9.21. The summed E-state index contributed by atoms with van der Waals surface area (Å²) in [6, 6.07) is 7.90. The van der Waals surface area contributed by atoms with Gasteiger partial charge in [-0.25, -0.2) is 0 Å². The first-order valence-corrected chi connectivity index (χ1v) is 6.18. The minimum Gasteiger partial charge on any atom is -0.349 e. The van der Waals surface area contributed by atoms with Gasteiger partial charge in [-0.2, -0.15) is 0 Å². The maximum Gasteiger partial charge on any atom is 0.220 e. The molecule has 0 spiro atoms. The van der Waals surface area contributed by atoms with Crippen LogP contribution in [0.4, 0.5) is 0 Å². The van der Waals surface area contributed by atoms with Crippen LogP contribution in [0.5, 0.6) is 0 Å². The number of hydrogen-bond donors (Lipinski definition) is 1. The van der Waals surface area contributed by atoms with Crippen molar-refractivity contribution in [3.63, 3.8) is 0 Å². The predicted molar refractivity (Wildman–Crippen MR) is 65.4 cm³/mol. The second-order valence-corrected chi connectivity index (χ2v) is 4.71. The van der Waals surface area contributed by atoms with E-state index in [-0.39, 0.29) is 11.9 Å². The van der Waals surface area contributed by atoms with Crippen LogP contribution in [0.2, 0.25) is 5.02 Å². The molecule has 16 heavy (non-hydrogen) atoms. The molecule has 86 valence electrons. The van der Waals surface area contributed by atoms with Crippen molar-refractivity contribution in [2.75, 3.05) is 0 Å². The van der Waals surface area contributed by atoms with Crippen molar-refractivity contribution >= 4 is 17.5 Å². The van der Waals surface area contributed by atoms with E-state index in [0.29, 0.717) is 6.42 Å². The monoisotopic (exact) mass is 237 g/mol. The molecule has 2 rings (SSSR count). The molecule has 1 unspecified atom stereocenters. The number of nitrogens with one attached hydrogen (secondary N) is 1. The Bertz CT molecular complexity index is 361. The number of halogens is 1. The van der Waals surface area contributed by atoms with Crippen molar-refractivity contribution in [3.05, 3.63) is 34.9 Å². The molecule has 0 aromatic heterocycles. The Labute approximate surface area is 101 Å². The summed E-state index contributed by atoms with van der Waals surface area (Å²) in [5.41, 5.74) is 1.15. The molecule has 1 amide bonds. The Balaban J connectivity index is 2.11. The van der Waals surface area contributed by atoms with Crippen LogP contribution in [0.1, 0.15) is 43.7 Å². The second kappa shape index (κ2) is 5.35.